The van der Waals surface area contributed by atoms with Gasteiger partial charge in [-0.1, -0.05) is 5.10 Å². The molecule has 0 aromatic heterocycles. The first kappa shape index (κ1) is 10.6. The van der Waals surface area contributed by atoms with Crippen LogP contribution in [-0.4, -0.2) is 43.3 Å². The zero-order chi connectivity index (χ0) is 10.4. The van der Waals surface area contributed by atoms with Crippen molar-refractivity contribution in [3.63, 3.8) is 0 Å². The second-order valence-corrected chi connectivity index (χ2v) is 2.41. The number of amides is 1. The summed E-state index contributed by atoms with van der Waals surface area (Å²) in [6.45, 7) is 2.91. The third kappa shape index (κ3) is 2.53. The van der Waals surface area contributed by atoms with E-state index in [0.29, 0.717) is 13.2 Å². The molecule has 1 unspecified atom stereocenters. The van der Waals surface area contributed by atoms with Gasteiger partial charge in [0.05, 0.1) is 13.2 Å². The molecule has 0 aromatic carbocycles. The highest BCUT2D eigenvalue weighted by molar-refractivity contribution is 5.68. The monoisotopic (exact) mass is 201 g/mol. The molecule has 14 heavy (non-hydrogen) atoms. The predicted octanol–water partition coefficient (Wildman–Crippen LogP) is -0.401. The number of rotatable bonds is 3. The summed E-state index contributed by atoms with van der Waals surface area (Å²) < 4.78 is 9.74. The van der Waals surface area contributed by atoms with E-state index in [-0.39, 0.29) is 6.61 Å². The fraction of sp³-hybridized carbons (Fsp3) is 0.714. The number of carbonyl (C=O) groups is 1. The normalized spacial score (nSPS) is 19.9. The Morgan fingerprint density at radius 1 is 1.86 bits per heavy atom. The molecule has 1 aliphatic heterocycles. The van der Waals surface area contributed by atoms with Gasteiger partial charge in [-0.15, -0.1) is 5.01 Å². The zero-order valence-corrected chi connectivity index (χ0v) is 7.73. The lowest BCUT2D eigenvalue weighted by Gasteiger charge is -2.19. The van der Waals surface area contributed by atoms with Crippen LogP contribution in [0.15, 0.2) is 5.10 Å². The highest BCUT2D eigenvalue weighted by Gasteiger charge is 2.28. The number of isocyanates is 1. The van der Waals surface area contributed by atoms with Crippen LogP contribution in [0.4, 0.5) is 4.79 Å². The van der Waals surface area contributed by atoms with Crippen molar-refractivity contribution < 1.29 is 19.1 Å². The minimum absolute atomic E-state index is 0.205. The van der Waals surface area contributed by atoms with Crippen LogP contribution in [0.3, 0.4) is 0 Å². The molecule has 1 saturated heterocycles. The van der Waals surface area contributed by atoms with Gasteiger partial charge in [0, 0.05) is 6.54 Å². The van der Waals surface area contributed by atoms with E-state index in [4.69, 9.17) is 4.74 Å². The molecule has 1 amide bonds. The van der Waals surface area contributed by atoms with E-state index in [1.807, 2.05) is 0 Å². The third-order valence-corrected chi connectivity index (χ3v) is 1.52. The van der Waals surface area contributed by atoms with Gasteiger partial charge in [-0.05, 0) is 6.92 Å². The fourth-order valence-corrected chi connectivity index (χ4v) is 0.992. The van der Waals surface area contributed by atoms with Gasteiger partial charge in [0.2, 0.25) is 6.35 Å². The molecule has 1 fully saturated rings. The molecule has 1 atom stereocenters. The van der Waals surface area contributed by atoms with E-state index in [1.165, 1.54) is 6.08 Å². The highest BCUT2D eigenvalue weighted by Crippen LogP contribution is 2.05. The summed E-state index contributed by atoms with van der Waals surface area (Å²) >= 11 is 0. The lowest BCUT2D eigenvalue weighted by atomic mass is 10.7. The van der Waals surface area contributed by atoms with Crippen LogP contribution in [-0.2, 0) is 14.3 Å². The van der Waals surface area contributed by atoms with E-state index < -0.39 is 12.4 Å². The maximum atomic E-state index is 11.2. The van der Waals surface area contributed by atoms with E-state index in [9.17, 15) is 9.59 Å². The molecule has 0 radical (unpaired) electrons. The Bertz CT molecular complexity index is 245. The Morgan fingerprint density at radius 3 is 3.14 bits per heavy atom. The second-order valence-electron chi connectivity index (χ2n) is 2.41. The molecule has 1 rings (SSSR count). The topological polar surface area (TPSA) is 80.2 Å². The maximum absolute atomic E-state index is 11.2. The van der Waals surface area contributed by atoms with E-state index in [2.05, 4.69) is 15.2 Å². The van der Waals surface area contributed by atoms with Crippen molar-refractivity contribution in [3.05, 3.63) is 0 Å². The van der Waals surface area contributed by atoms with E-state index >= 15 is 0 Å². The molecule has 0 saturated carbocycles. The van der Waals surface area contributed by atoms with Gasteiger partial charge in [-0.3, -0.25) is 5.32 Å². The van der Waals surface area contributed by atoms with Crippen molar-refractivity contribution in [2.75, 3.05) is 19.8 Å². The number of carbonyl (C=O) groups excluding carboxylic acids is 2. The molecule has 0 bridgehead atoms. The number of hydrazone groups is 1. The number of hydrogen-bond donors (Lipinski definition) is 1. The van der Waals surface area contributed by atoms with Gasteiger partial charge >= 0.3 is 6.09 Å². The largest absolute Gasteiger partial charge is 0.448 e. The first-order valence-electron chi connectivity index (χ1n) is 4.18. The summed E-state index contributed by atoms with van der Waals surface area (Å²) in [7, 11) is 0. The van der Waals surface area contributed by atoms with Gasteiger partial charge in [-0.2, -0.15) is 0 Å². The summed E-state index contributed by atoms with van der Waals surface area (Å²) in [6.07, 6.45) is -0.217. The molecular weight excluding hydrogens is 190 g/mol. The number of nitrogens with zero attached hydrogens (tertiary/aromatic N) is 2. The summed E-state index contributed by atoms with van der Waals surface area (Å²) in [4.78, 5) is 21.3. The van der Waals surface area contributed by atoms with Gasteiger partial charge in [0.15, 0.2) is 0 Å². The van der Waals surface area contributed by atoms with Gasteiger partial charge in [0.25, 0.3) is 6.08 Å². The Balaban J connectivity index is 2.61. The molecule has 7 heteroatoms. The smallest absolute Gasteiger partial charge is 0.434 e. The van der Waals surface area contributed by atoms with Crippen molar-refractivity contribution in [2.24, 2.45) is 5.10 Å². The Labute approximate surface area is 80.6 Å². The van der Waals surface area contributed by atoms with Gasteiger partial charge < -0.3 is 9.47 Å². The van der Waals surface area contributed by atoms with Crippen LogP contribution in [0.1, 0.15) is 6.92 Å². The first-order chi connectivity index (χ1) is 6.79. The molecule has 1 aliphatic rings. The molecule has 7 nitrogen and oxygen atoms in total. The summed E-state index contributed by atoms with van der Waals surface area (Å²) in [6, 6.07) is 0. The quantitative estimate of drug-likeness (QED) is 0.381. The van der Waals surface area contributed by atoms with E-state index in [1.54, 1.807) is 6.92 Å². The summed E-state index contributed by atoms with van der Waals surface area (Å²) in [5, 5.41) is 6.78. The van der Waals surface area contributed by atoms with Crippen molar-refractivity contribution >= 4 is 12.2 Å². The summed E-state index contributed by atoms with van der Waals surface area (Å²) in [5.41, 5.74) is 0. The molecular formula is C7H11N3O4. The highest BCUT2D eigenvalue weighted by atomic mass is 16.6. The van der Waals surface area contributed by atoms with Crippen molar-refractivity contribution in [2.45, 2.75) is 13.3 Å². The SMILES string of the molecule is CCOC(=O)N(N=C=O)C1NCCO1. The molecule has 1 N–H and O–H groups in total. The molecule has 0 spiro atoms. The van der Waals surface area contributed by atoms with Crippen molar-refractivity contribution in [3.8, 4) is 0 Å². The van der Waals surface area contributed by atoms with Crippen LogP contribution in [0.5, 0.6) is 0 Å². The van der Waals surface area contributed by atoms with Crippen molar-refractivity contribution in [1.29, 1.82) is 0 Å². The Kier molecular flexibility index (Phi) is 4.06. The molecule has 0 aromatic rings. The number of nitrogens with one attached hydrogen (secondary N) is 1. The first-order valence-corrected chi connectivity index (χ1v) is 4.18. The lowest BCUT2D eigenvalue weighted by molar-refractivity contribution is -0.0269. The van der Waals surface area contributed by atoms with Crippen LogP contribution in [0.25, 0.3) is 0 Å². The van der Waals surface area contributed by atoms with Gasteiger partial charge in [0.1, 0.15) is 0 Å². The average Bonchev–Trinajstić information content (AvgIpc) is 2.67. The molecule has 1 heterocycles. The third-order valence-electron chi connectivity index (χ3n) is 1.52. The van der Waals surface area contributed by atoms with Crippen molar-refractivity contribution in [1.82, 2.24) is 10.3 Å². The standard InChI is InChI=1S/C7H11N3O4/c1-2-13-7(12)10(9-5-11)6-8-3-4-14-6/h6,8H,2-4H2,1H3. The lowest BCUT2D eigenvalue weighted by Crippen LogP contribution is -2.43. The molecule has 78 valence electrons. The minimum atomic E-state index is -0.741. The van der Waals surface area contributed by atoms with Crippen LogP contribution >= 0.6 is 0 Å². The average molecular weight is 201 g/mol. The van der Waals surface area contributed by atoms with E-state index in [0.717, 1.165) is 5.01 Å². The Hall–Kier alpha value is -1.43. The summed E-state index contributed by atoms with van der Waals surface area (Å²) in [5.74, 6) is 0. The molecule has 0 aliphatic carbocycles. The Morgan fingerprint density at radius 2 is 2.64 bits per heavy atom. The zero-order valence-electron chi connectivity index (χ0n) is 7.73. The van der Waals surface area contributed by atoms with Gasteiger partial charge in [-0.25, -0.2) is 9.59 Å². The number of hydrogen-bond acceptors (Lipinski definition) is 6. The maximum Gasteiger partial charge on any atom is 0.434 e. The predicted molar refractivity (Wildman–Crippen MR) is 44.7 cm³/mol. The second kappa shape index (κ2) is 5.33. The van der Waals surface area contributed by atoms with Crippen LogP contribution in [0.2, 0.25) is 0 Å². The van der Waals surface area contributed by atoms with Crippen LogP contribution < -0.4 is 5.32 Å². The number of ether oxygens (including phenoxy) is 2. The fourth-order valence-electron chi connectivity index (χ4n) is 0.992. The minimum Gasteiger partial charge on any atom is -0.448 e. The van der Waals surface area contributed by atoms with Crippen LogP contribution in [0, 0.1) is 0 Å².